The molecule has 4 rings (SSSR count). The van der Waals surface area contributed by atoms with Gasteiger partial charge in [0.1, 0.15) is 0 Å². The van der Waals surface area contributed by atoms with Crippen LogP contribution in [0.3, 0.4) is 0 Å². The van der Waals surface area contributed by atoms with Gasteiger partial charge >= 0.3 is 0 Å². The lowest BCUT2D eigenvalue weighted by molar-refractivity contribution is -0.656. The molecular formula is C40H64F2N2S2Si2. The first-order valence-electron chi connectivity index (χ1n) is 15.1. The molecule has 0 bridgehead atoms. The van der Waals surface area contributed by atoms with Crippen LogP contribution in [-0.4, -0.2) is 16.8 Å². The number of hydrogen-bond acceptors (Lipinski definition) is 2. The van der Waals surface area contributed by atoms with Crippen molar-refractivity contribution in [2.45, 2.75) is 131 Å². The van der Waals surface area contributed by atoms with Gasteiger partial charge in [-0.15, -0.1) is 12.8 Å². The summed E-state index contributed by atoms with van der Waals surface area (Å²) >= 11 is 3.16. The van der Waals surface area contributed by atoms with Crippen molar-refractivity contribution >= 4 is 68.9 Å². The van der Waals surface area contributed by atoms with Crippen molar-refractivity contribution in [1.29, 1.82) is 0 Å². The Morgan fingerprint density at radius 1 is 0.604 bits per heavy atom. The Balaban J connectivity index is 0. The maximum absolute atomic E-state index is 16.4. The molecule has 0 aliphatic rings. The van der Waals surface area contributed by atoms with Crippen LogP contribution in [0, 0.1) is 39.5 Å². The second kappa shape index (κ2) is 16.6. The van der Waals surface area contributed by atoms with E-state index < -0.39 is 16.8 Å². The van der Waals surface area contributed by atoms with Crippen LogP contribution < -0.4 is 18.1 Å². The van der Waals surface area contributed by atoms with E-state index in [0.29, 0.717) is 13.1 Å². The van der Waals surface area contributed by atoms with Gasteiger partial charge in [-0.05, 0) is 56.3 Å². The Morgan fingerprint density at radius 3 is 1.10 bits per heavy atom. The summed E-state index contributed by atoms with van der Waals surface area (Å²) in [4.78, 5) is 2.14. The number of rotatable bonds is 4. The number of aromatic nitrogens is 2. The molecule has 0 spiro atoms. The number of hydrogen-bond donors (Lipinski definition) is 0. The van der Waals surface area contributed by atoms with Crippen LogP contribution in [0.2, 0.25) is 20.2 Å². The zero-order valence-electron chi connectivity index (χ0n) is 30.7. The second-order valence-electron chi connectivity index (χ2n) is 15.7. The molecule has 0 atom stereocenters. The van der Waals surface area contributed by atoms with E-state index in [9.17, 15) is 0 Å². The number of pyridine rings is 2. The molecule has 0 amide bonds. The van der Waals surface area contributed by atoms with Gasteiger partial charge in [-0.3, -0.25) is 0 Å². The minimum atomic E-state index is -3.20. The molecule has 4 aromatic heterocycles. The fourth-order valence-electron chi connectivity index (χ4n) is 6.63. The number of terminal acetylenes is 2. The van der Waals surface area contributed by atoms with Crippen LogP contribution in [0.1, 0.15) is 97.9 Å². The minimum absolute atomic E-state index is 0. The first-order chi connectivity index (χ1) is 20.0. The van der Waals surface area contributed by atoms with Crippen molar-refractivity contribution in [1.82, 2.24) is 0 Å². The Labute approximate surface area is 304 Å². The Hall–Kier alpha value is -2.37. The van der Waals surface area contributed by atoms with E-state index in [2.05, 4.69) is 24.0 Å². The summed E-state index contributed by atoms with van der Waals surface area (Å²) in [6, 6.07) is 12.1. The number of thiophene rings is 2. The summed E-state index contributed by atoms with van der Waals surface area (Å²) in [5, 5.41) is 0.736. The molecule has 0 N–H and O–H groups in total. The van der Waals surface area contributed by atoms with Crippen LogP contribution in [0.5, 0.6) is 0 Å². The fraction of sp³-hybridized carbons (Fsp3) is 0.500. The van der Waals surface area contributed by atoms with Gasteiger partial charge in [0.05, 0.1) is 10.8 Å². The Kier molecular flexibility index (Phi) is 16.5. The first-order valence-corrected chi connectivity index (χ1v) is 20.5. The summed E-state index contributed by atoms with van der Waals surface area (Å²) in [5.74, 6) is 5.34. The molecule has 0 saturated carbocycles. The molecule has 0 aliphatic carbocycles. The Morgan fingerprint density at radius 2 is 0.875 bits per heavy atom. The first kappa shape index (κ1) is 47.7. The van der Waals surface area contributed by atoms with Gasteiger partial charge in [-0.1, -0.05) is 121 Å². The third-order valence-electron chi connectivity index (χ3n) is 8.42. The molecular weight excluding hydrogens is 667 g/mol. The smallest absolute Gasteiger partial charge is 0.298 e. The lowest BCUT2D eigenvalue weighted by Gasteiger charge is -2.43. The van der Waals surface area contributed by atoms with Gasteiger partial charge in [-0.2, -0.15) is 9.13 Å². The van der Waals surface area contributed by atoms with Gasteiger partial charge in [0.2, 0.25) is 13.1 Å². The van der Waals surface area contributed by atoms with Crippen LogP contribution in [0.15, 0.2) is 48.8 Å². The quantitative estimate of drug-likeness (QED) is 0.0649. The molecule has 2 nitrogen and oxygen atoms in total. The second-order valence-corrected chi connectivity index (χ2v) is 28.2. The van der Waals surface area contributed by atoms with Crippen molar-refractivity contribution in [3.8, 4) is 24.7 Å². The normalized spacial score (nSPS) is 12.2. The van der Waals surface area contributed by atoms with Crippen LogP contribution in [0.25, 0.3) is 20.4 Å². The highest BCUT2D eigenvalue weighted by molar-refractivity contribution is 7.31. The summed E-state index contributed by atoms with van der Waals surface area (Å²) < 4.78 is 38.7. The SMILES string of the molecule is C.C.C#CC[n+]1cccc2cc([Si](F)(C(C)(C)C)C(C)(C)C)sc21.C#CC[n+]1cccc2cc([Si](F)(C(C)(C)C)C(C)(C)C)sc21.[CH3-].[CH3-]. The van der Waals surface area contributed by atoms with Gasteiger partial charge in [0, 0.05) is 21.1 Å². The van der Waals surface area contributed by atoms with E-state index in [1.54, 1.807) is 22.7 Å². The minimum Gasteiger partial charge on any atom is -0.358 e. The summed E-state index contributed by atoms with van der Waals surface area (Å²) in [5.41, 5.74) is 0. The Bertz CT molecular complexity index is 1560. The highest BCUT2D eigenvalue weighted by atomic mass is 32.1. The monoisotopic (exact) mass is 730 g/mol. The maximum atomic E-state index is 16.4. The molecule has 268 valence electrons. The summed E-state index contributed by atoms with van der Waals surface area (Å²) in [7, 11) is -6.41. The predicted molar refractivity (Wildman–Crippen MR) is 220 cm³/mol. The molecule has 0 fully saturated rings. The third kappa shape index (κ3) is 8.67. The predicted octanol–water partition coefficient (Wildman–Crippen LogP) is 11.3. The molecule has 0 unspecified atom stereocenters. The highest BCUT2D eigenvalue weighted by Gasteiger charge is 2.59. The third-order valence-corrected chi connectivity index (χ3v) is 22.6. The zero-order chi connectivity index (χ0) is 33.5. The van der Waals surface area contributed by atoms with E-state index in [4.69, 9.17) is 12.8 Å². The highest BCUT2D eigenvalue weighted by Crippen LogP contribution is 2.53. The van der Waals surface area contributed by atoms with E-state index in [-0.39, 0.29) is 49.9 Å². The van der Waals surface area contributed by atoms with Crippen molar-refractivity contribution < 1.29 is 17.3 Å². The van der Waals surface area contributed by atoms with Crippen LogP contribution in [-0.2, 0) is 13.1 Å². The number of halogens is 2. The summed E-state index contributed by atoms with van der Waals surface area (Å²) in [6.07, 6.45) is 14.8. The fourth-order valence-corrected chi connectivity index (χ4v) is 21.9. The van der Waals surface area contributed by atoms with Gasteiger partial charge < -0.3 is 23.1 Å². The standard InChI is InChI=1S/2C18H25FNSSi.2CH4.2CH3/c2*1-8-11-20-12-9-10-14-13-15(21-16(14)20)22(19,17(2,3)4)18(5,6)7;;;;/h2*1,9-10,12-13H,11H2,2-7H3;2*1H4;2*1H3/q2*+1;;;2*-1. The number of fused-ring (bicyclic) bond motifs is 2. The molecule has 4 aromatic rings. The van der Waals surface area contributed by atoms with Gasteiger partial charge in [0.15, 0.2) is 12.4 Å². The topological polar surface area (TPSA) is 7.76 Å². The van der Waals surface area contributed by atoms with Crippen molar-refractivity contribution in [2.75, 3.05) is 0 Å². The van der Waals surface area contributed by atoms with Crippen molar-refractivity contribution in [3.63, 3.8) is 0 Å². The van der Waals surface area contributed by atoms with Gasteiger partial charge in [0.25, 0.3) is 26.5 Å². The number of nitrogens with zero attached hydrogens (tertiary/aromatic N) is 2. The molecule has 0 aromatic carbocycles. The van der Waals surface area contributed by atoms with E-state index in [0.717, 1.165) is 29.4 Å². The molecule has 0 saturated heterocycles. The average Bonchev–Trinajstić information content (AvgIpc) is 3.52. The maximum Gasteiger partial charge on any atom is 0.298 e. The van der Waals surface area contributed by atoms with E-state index in [1.807, 2.05) is 129 Å². The largest absolute Gasteiger partial charge is 0.358 e. The average molecular weight is 731 g/mol. The molecule has 4 heterocycles. The molecule has 8 heteroatoms. The molecule has 0 radical (unpaired) electrons. The van der Waals surface area contributed by atoms with Crippen molar-refractivity contribution in [2.24, 2.45) is 0 Å². The van der Waals surface area contributed by atoms with Crippen LogP contribution >= 0.6 is 22.7 Å². The van der Waals surface area contributed by atoms with Crippen molar-refractivity contribution in [3.05, 3.63) is 63.6 Å². The summed E-state index contributed by atoms with van der Waals surface area (Å²) in [6.45, 7) is 25.4. The van der Waals surface area contributed by atoms with Gasteiger partial charge in [-0.25, -0.2) is 0 Å². The zero-order valence-corrected chi connectivity index (χ0v) is 34.3. The van der Waals surface area contributed by atoms with E-state index in [1.165, 1.54) is 0 Å². The lowest BCUT2D eigenvalue weighted by Crippen LogP contribution is -2.56. The van der Waals surface area contributed by atoms with E-state index >= 15 is 8.22 Å². The van der Waals surface area contributed by atoms with Crippen LogP contribution in [0.4, 0.5) is 8.22 Å². The molecule has 48 heavy (non-hydrogen) atoms. The molecule has 0 aliphatic heterocycles. The lowest BCUT2D eigenvalue weighted by atomic mass is 10.2.